The van der Waals surface area contributed by atoms with Crippen LogP contribution in [0.4, 0.5) is 0 Å². The number of hydrogen-bond acceptors (Lipinski definition) is 3. The molecule has 0 fully saturated rings. The summed E-state index contributed by atoms with van der Waals surface area (Å²) in [6, 6.07) is 3.29. The van der Waals surface area contributed by atoms with E-state index in [0.29, 0.717) is 22.3 Å². The Morgan fingerprint density at radius 1 is 1.39 bits per heavy atom. The van der Waals surface area contributed by atoms with E-state index in [1.165, 1.54) is 12.4 Å². The van der Waals surface area contributed by atoms with Gasteiger partial charge in [-0.1, -0.05) is 30.1 Å². The summed E-state index contributed by atoms with van der Waals surface area (Å²) in [5.41, 5.74) is 0.526. The molecular weight excluding hydrogens is 273 g/mol. The summed E-state index contributed by atoms with van der Waals surface area (Å²) < 4.78 is 1.58. The quantitative estimate of drug-likeness (QED) is 0.810. The molecule has 0 amide bonds. The Bertz CT molecular complexity index is 580. The first-order chi connectivity index (χ1) is 8.65. The van der Waals surface area contributed by atoms with Crippen molar-refractivity contribution >= 4 is 29.0 Å². The van der Waals surface area contributed by atoms with E-state index in [2.05, 4.69) is 10.1 Å². The average molecular weight is 284 g/mol. The highest BCUT2D eigenvalue weighted by Gasteiger charge is 2.21. The summed E-state index contributed by atoms with van der Waals surface area (Å²) in [6.45, 7) is 2.62. The van der Waals surface area contributed by atoms with Gasteiger partial charge < -0.3 is 0 Å². The highest BCUT2D eigenvalue weighted by Crippen LogP contribution is 2.22. The van der Waals surface area contributed by atoms with Crippen molar-refractivity contribution in [2.75, 3.05) is 0 Å². The second-order valence-electron chi connectivity index (χ2n) is 3.73. The zero-order valence-electron chi connectivity index (χ0n) is 9.73. The van der Waals surface area contributed by atoms with Gasteiger partial charge in [0.15, 0.2) is 0 Å². The first-order valence-corrected chi connectivity index (χ1v) is 6.27. The van der Waals surface area contributed by atoms with Gasteiger partial charge in [-0.2, -0.15) is 5.10 Å². The van der Waals surface area contributed by atoms with Gasteiger partial charge in [-0.3, -0.25) is 14.5 Å². The molecule has 2 aromatic rings. The topological polar surface area (TPSA) is 47.8 Å². The van der Waals surface area contributed by atoms with E-state index >= 15 is 0 Å². The van der Waals surface area contributed by atoms with Crippen LogP contribution in [0, 0.1) is 0 Å². The van der Waals surface area contributed by atoms with Crippen molar-refractivity contribution in [1.82, 2.24) is 14.8 Å². The van der Waals surface area contributed by atoms with Crippen molar-refractivity contribution < 1.29 is 4.79 Å². The van der Waals surface area contributed by atoms with E-state index in [0.717, 1.165) is 6.42 Å². The lowest BCUT2D eigenvalue weighted by Crippen LogP contribution is -2.13. The Balaban J connectivity index is 2.46. The van der Waals surface area contributed by atoms with Gasteiger partial charge in [-0.05, 0) is 18.6 Å². The second kappa shape index (κ2) is 5.50. The van der Waals surface area contributed by atoms with E-state index in [1.54, 1.807) is 16.8 Å². The molecule has 94 valence electrons. The third-order valence-corrected chi connectivity index (χ3v) is 3.00. The predicted molar refractivity (Wildman–Crippen MR) is 70.2 cm³/mol. The maximum Gasteiger partial charge on any atom is 0.232 e. The molecule has 0 aromatic carbocycles. The van der Waals surface area contributed by atoms with Crippen LogP contribution in [0.15, 0.2) is 24.5 Å². The fourth-order valence-corrected chi connectivity index (χ4v) is 2.07. The number of aromatic nitrogens is 3. The minimum atomic E-state index is -0.309. The molecule has 0 N–H and O–H groups in total. The van der Waals surface area contributed by atoms with Crippen LogP contribution in [0.2, 0.25) is 10.0 Å². The van der Waals surface area contributed by atoms with E-state index in [-0.39, 0.29) is 11.5 Å². The molecule has 0 atom stereocenters. The van der Waals surface area contributed by atoms with Crippen LogP contribution >= 0.6 is 23.2 Å². The van der Waals surface area contributed by atoms with Crippen molar-refractivity contribution in [3.63, 3.8) is 0 Å². The smallest absolute Gasteiger partial charge is 0.232 e. The highest BCUT2D eigenvalue weighted by atomic mass is 35.5. The van der Waals surface area contributed by atoms with E-state index in [1.807, 2.05) is 6.92 Å². The summed E-state index contributed by atoms with van der Waals surface area (Å²) in [4.78, 5) is 16.3. The number of halogens is 2. The van der Waals surface area contributed by atoms with Crippen LogP contribution in [-0.4, -0.2) is 20.5 Å². The average Bonchev–Trinajstić information content (AvgIpc) is 2.71. The van der Waals surface area contributed by atoms with Crippen molar-refractivity contribution in [2.24, 2.45) is 0 Å². The number of nitrogens with zero attached hydrogens (tertiary/aromatic N) is 3. The summed E-state index contributed by atoms with van der Waals surface area (Å²) in [5, 5.41) is 4.70. The Morgan fingerprint density at radius 3 is 2.83 bits per heavy atom. The first kappa shape index (κ1) is 13.1. The number of pyridine rings is 1. The van der Waals surface area contributed by atoms with Gasteiger partial charge in [0.1, 0.15) is 11.4 Å². The van der Waals surface area contributed by atoms with Crippen LogP contribution in [0.5, 0.6) is 0 Å². The fourth-order valence-electron chi connectivity index (χ4n) is 1.63. The number of aryl methyl sites for hydroxylation is 1. The van der Waals surface area contributed by atoms with Gasteiger partial charge in [0, 0.05) is 12.7 Å². The lowest BCUT2D eigenvalue weighted by molar-refractivity contribution is 0.102. The maximum absolute atomic E-state index is 12.4. The summed E-state index contributed by atoms with van der Waals surface area (Å²) in [6.07, 6.45) is 3.84. The molecule has 6 heteroatoms. The molecule has 0 saturated carbocycles. The molecule has 2 aromatic heterocycles. The van der Waals surface area contributed by atoms with E-state index in [9.17, 15) is 4.79 Å². The Hall–Kier alpha value is -1.39. The molecule has 0 spiro atoms. The zero-order valence-corrected chi connectivity index (χ0v) is 11.2. The highest BCUT2D eigenvalue weighted by molar-refractivity contribution is 6.37. The van der Waals surface area contributed by atoms with Crippen LogP contribution < -0.4 is 0 Å². The number of ketones is 1. The van der Waals surface area contributed by atoms with Crippen LogP contribution in [0.25, 0.3) is 0 Å². The molecule has 0 aliphatic carbocycles. The number of carbonyl (C=O) groups excluding carboxylic acids is 1. The number of rotatable bonds is 4. The maximum atomic E-state index is 12.4. The standard InChI is InChI=1S/C12H11Cl2N3O/c1-2-6-17-11(9(14)7-16-17)12(18)10-8(13)4-3-5-15-10/h3-5,7H,2,6H2,1H3. The van der Waals surface area contributed by atoms with E-state index in [4.69, 9.17) is 23.2 Å². The van der Waals surface area contributed by atoms with E-state index < -0.39 is 0 Å². The molecule has 4 nitrogen and oxygen atoms in total. The normalized spacial score (nSPS) is 10.6. The summed E-state index contributed by atoms with van der Waals surface area (Å²) in [5.74, 6) is -0.309. The minimum absolute atomic E-state index is 0.193. The summed E-state index contributed by atoms with van der Waals surface area (Å²) >= 11 is 12.0. The van der Waals surface area contributed by atoms with Crippen molar-refractivity contribution in [3.8, 4) is 0 Å². The largest absolute Gasteiger partial charge is 0.285 e. The van der Waals surface area contributed by atoms with Gasteiger partial charge in [0.25, 0.3) is 0 Å². The Kier molecular flexibility index (Phi) is 3.99. The fraction of sp³-hybridized carbons (Fsp3) is 0.250. The van der Waals surface area contributed by atoms with Gasteiger partial charge in [0.05, 0.1) is 16.2 Å². The third kappa shape index (κ3) is 2.40. The molecule has 2 heterocycles. The van der Waals surface area contributed by atoms with Gasteiger partial charge in [0.2, 0.25) is 5.78 Å². The van der Waals surface area contributed by atoms with Crippen LogP contribution in [-0.2, 0) is 6.54 Å². The molecule has 0 aliphatic rings. The van der Waals surface area contributed by atoms with Crippen LogP contribution in [0.3, 0.4) is 0 Å². The lowest BCUT2D eigenvalue weighted by atomic mass is 10.2. The third-order valence-electron chi connectivity index (χ3n) is 2.42. The monoisotopic (exact) mass is 283 g/mol. The second-order valence-corrected chi connectivity index (χ2v) is 4.54. The number of hydrogen-bond donors (Lipinski definition) is 0. The Labute approximate surface area is 115 Å². The predicted octanol–water partition coefficient (Wildman–Crippen LogP) is 3.23. The molecule has 0 aliphatic heterocycles. The zero-order chi connectivity index (χ0) is 13.1. The van der Waals surface area contributed by atoms with Gasteiger partial charge >= 0.3 is 0 Å². The van der Waals surface area contributed by atoms with Crippen molar-refractivity contribution in [1.29, 1.82) is 0 Å². The van der Waals surface area contributed by atoms with Crippen molar-refractivity contribution in [3.05, 3.63) is 46.0 Å². The molecule has 2 rings (SSSR count). The molecule has 18 heavy (non-hydrogen) atoms. The molecule has 0 radical (unpaired) electrons. The van der Waals surface area contributed by atoms with Gasteiger partial charge in [-0.15, -0.1) is 0 Å². The molecule has 0 unspecified atom stereocenters. The Morgan fingerprint density at radius 2 is 2.17 bits per heavy atom. The minimum Gasteiger partial charge on any atom is -0.285 e. The van der Waals surface area contributed by atoms with Gasteiger partial charge in [-0.25, -0.2) is 0 Å². The molecule has 0 saturated heterocycles. The molecular formula is C12H11Cl2N3O. The lowest BCUT2D eigenvalue weighted by Gasteiger charge is -2.06. The summed E-state index contributed by atoms with van der Waals surface area (Å²) in [7, 11) is 0. The first-order valence-electron chi connectivity index (χ1n) is 5.51. The number of carbonyl (C=O) groups is 1. The van der Waals surface area contributed by atoms with Crippen molar-refractivity contribution in [2.45, 2.75) is 19.9 Å². The SMILES string of the molecule is CCCn1ncc(Cl)c1C(=O)c1ncccc1Cl. The molecule has 0 bridgehead atoms. The van der Waals surface area contributed by atoms with Crippen LogP contribution in [0.1, 0.15) is 29.5 Å².